The van der Waals surface area contributed by atoms with Crippen molar-refractivity contribution in [2.75, 3.05) is 32.1 Å². The number of carbonyl (C=O) groups excluding carboxylic acids is 2. The number of methoxy groups -OCH3 is 1. The summed E-state index contributed by atoms with van der Waals surface area (Å²) in [5.41, 5.74) is 5.75. The summed E-state index contributed by atoms with van der Waals surface area (Å²) in [6, 6.07) is 10.4. The predicted octanol–water partition coefficient (Wildman–Crippen LogP) is 1.99. The third kappa shape index (κ3) is 5.53. The number of benzene rings is 2. The van der Waals surface area contributed by atoms with Crippen molar-refractivity contribution in [3.05, 3.63) is 48.0 Å². The smallest absolute Gasteiger partial charge is 0.262 e. The summed E-state index contributed by atoms with van der Waals surface area (Å²) in [6.45, 7) is 0.652. The number of amides is 2. The second-order valence-electron chi connectivity index (χ2n) is 7.05. The lowest BCUT2D eigenvalue weighted by Gasteiger charge is -2.26. The molecule has 9 nitrogen and oxygen atoms in total. The maximum absolute atomic E-state index is 12.9. The quantitative estimate of drug-likeness (QED) is 0.637. The van der Waals surface area contributed by atoms with E-state index in [-0.39, 0.29) is 17.2 Å². The second kappa shape index (κ2) is 9.80. The topological polar surface area (TPSA) is 128 Å². The van der Waals surface area contributed by atoms with E-state index in [4.69, 9.17) is 15.2 Å². The van der Waals surface area contributed by atoms with Gasteiger partial charge in [0.25, 0.3) is 5.91 Å². The SMILES string of the molecule is COc1ccc(S(=O)(=O)N2CCCCC2)cc1NC(=O)COc1ccc(C(N)=O)cc1. The van der Waals surface area contributed by atoms with Crippen LogP contribution in [0, 0.1) is 0 Å². The Hall–Kier alpha value is -3.11. The lowest BCUT2D eigenvalue weighted by atomic mass is 10.2. The molecule has 0 aliphatic carbocycles. The van der Waals surface area contributed by atoms with E-state index in [1.54, 1.807) is 0 Å². The number of piperidine rings is 1. The number of anilines is 1. The molecule has 0 bridgehead atoms. The lowest BCUT2D eigenvalue weighted by Crippen LogP contribution is -2.35. The Labute approximate surface area is 181 Å². The first-order valence-electron chi connectivity index (χ1n) is 9.82. The van der Waals surface area contributed by atoms with Crippen LogP contribution in [0.15, 0.2) is 47.4 Å². The summed E-state index contributed by atoms with van der Waals surface area (Å²) in [6.07, 6.45) is 2.68. The molecule has 0 saturated carbocycles. The minimum absolute atomic E-state index is 0.0912. The van der Waals surface area contributed by atoms with Crippen LogP contribution < -0.4 is 20.5 Å². The largest absolute Gasteiger partial charge is 0.495 e. The number of hydrogen-bond donors (Lipinski definition) is 2. The number of nitrogens with zero attached hydrogens (tertiary/aromatic N) is 1. The van der Waals surface area contributed by atoms with E-state index in [1.165, 1.54) is 53.9 Å². The number of hydrogen-bond acceptors (Lipinski definition) is 6. The van der Waals surface area contributed by atoms with Crippen LogP contribution >= 0.6 is 0 Å². The maximum atomic E-state index is 12.9. The highest BCUT2D eigenvalue weighted by atomic mass is 32.2. The molecule has 1 heterocycles. The van der Waals surface area contributed by atoms with Gasteiger partial charge in [-0.3, -0.25) is 9.59 Å². The molecule has 31 heavy (non-hydrogen) atoms. The molecule has 0 unspecified atom stereocenters. The first-order chi connectivity index (χ1) is 14.8. The molecule has 0 radical (unpaired) electrons. The van der Waals surface area contributed by atoms with Crippen LogP contribution in [0.1, 0.15) is 29.6 Å². The van der Waals surface area contributed by atoms with Gasteiger partial charge in [0, 0.05) is 18.7 Å². The molecular weight excluding hydrogens is 422 g/mol. The number of nitrogens with one attached hydrogen (secondary N) is 1. The molecule has 3 rings (SSSR count). The van der Waals surface area contributed by atoms with E-state index < -0.39 is 21.8 Å². The highest BCUT2D eigenvalue weighted by Gasteiger charge is 2.27. The van der Waals surface area contributed by atoms with Crippen LogP contribution in [0.2, 0.25) is 0 Å². The van der Waals surface area contributed by atoms with E-state index in [0.29, 0.717) is 30.2 Å². The summed E-state index contributed by atoms with van der Waals surface area (Å²) in [5.74, 6) is -0.342. The fourth-order valence-corrected chi connectivity index (χ4v) is 4.79. The van der Waals surface area contributed by atoms with Crippen molar-refractivity contribution in [3.63, 3.8) is 0 Å². The minimum atomic E-state index is -3.65. The Morgan fingerprint density at radius 1 is 1.06 bits per heavy atom. The summed E-state index contributed by atoms with van der Waals surface area (Å²) < 4.78 is 38.0. The van der Waals surface area contributed by atoms with Gasteiger partial charge in [0.1, 0.15) is 11.5 Å². The number of carbonyl (C=O) groups is 2. The van der Waals surface area contributed by atoms with Crippen molar-refractivity contribution in [1.29, 1.82) is 0 Å². The lowest BCUT2D eigenvalue weighted by molar-refractivity contribution is -0.118. The van der Waals surface area contributed by atoms with Gasteiger partial charge in [-0.15, -0.1) is 0 Å². The molecule has 2 aromatic carbocycles. The Kier molecular flexibility index (Phi) is 7.13. The number of primary amides is 1. The Bertz CT molecular complexity index is 1050. The van der Waals surface area contributed by atoms with Crippen LogP contribution in [0.3, 0.4) is 0 Å². The summed E-state index contributed by atoms with van der Waals surface area (Å²) in [4.78, 5) is 23.6. The minimum Gasteiger partial charge on any atom is -0.495 e. The Balaban J connectivity index is 1.70. The van der Waals surface area contributed by atoms with Gasteiger partial charge in [-0.2, -0.15) is 4.31 Å². The van der Waals surface area contributed by atoms with Crippen LogP contribution in [0.4, 0.5) is 5.69 Å². The fourth-order valence-electron chi connectivity index (χ4n) is 3.25. The van der Waals surface area contributed by atoms with Crippen molar-refractivity contribution >= 4 is 27.5 Å². The van der Waals surface area contributed by atoms with Gasteiger partial charge in [-0.05, 0) is 55.3 Å². The molecule has 1 aliphatic rings. The van der Waals surface area contributed by atoms with Crippen LogP contribution in [-0.2, 0) is 14.8 Å². The molecule has 2 aromatic rings. The number of rotatable bonds is 8. The molecule has 2 amide bonds. The van der Waals surface area contributed by atoms with Gasteiger partial charge < -0.3 is 20.5 Å². The van der Waals surface area contributed by atoms with Gasteiger partial charge in [0.05, 0.1) is 17.7 Å². The monoisotopic (exact) mass is 447 g/mol. The van der Waals surface area contributed by atoms with Crippen molar-refractivity contribution in [1.82, 2.24) is 4.31 Å². The summed E-state index contributed by atoms with van der Waals surface area (Å²) >= 11 is 0. The Morgan fingerprint density at radius 3 is 2.35 bits per heavy atom. The number of sulfonamides is 1. The standard InChI is InChI=1S/C21H25N3O6S/c1-29-19-10-9-17(31(27,28)24-11-3-2-4-12-24)13-18(19)23-20(25)14-30-16-7-5-15(6-8-16)21(22)26/h5-10,13H,2-4,11-12,14H2,1H3,(H2,22,26)(H,23,25). The van der Waals surface area contributed by atoms with E-state index >= 15 is 0 Å². The molecule has 1 fully saturated rings. The van der Waals surface area contributed by atoms with E-state index in [9.17, 15) is 18.0 Å². The second-order valence-corrected chi connectivity index (χ2v) is 8.99. The maximum Gasteiger partial charge on any atom is 0.262 e. The average molecular weight is 448 g/mol. The van der Waals surface area contributed by atoms with Crippen LogP contribution in [0.5, 0.6) is 11.5 Å². The molecule has 166 valence electrons. The molecule has 3 N–H and O–H groups in total. The van der Waals surface area contributed by atoms with Crippen molar-refractivity contribution in [2.24, 2.45) is 5.73 Å². The zero-order chi connectivity index (χ0) is 22.4. The average Bonchev–Trinajstić information content (AvgIpc) is 2.78. The van der Waals surface area contributed by atoms with Gasteiger partial charge >= 0.3 is 0 Å². The zero-order valence-electron chi connectivity index (χ0n) is 17.2. The van der Waals surface area contributed by atoms with Crippen molar-refractivity contribution in [2.45, 2.75) is 24.2 Å². The Morgan fingerprint density at radius 2 is 1.74 bits per heavy atom. The highest BCUT2D eigenvalue weighted by molar-refractivity contribution is 7.89. The molecule has 10 heteroatoms. The van der Waals surface area contributed by atoms with Crippen LogP contribution in [-0.4, -0.2) is 51.3 Å². The first-order valence-corrected chi connectivity index (χ1v) is 11.3. The van der Waals surface area contributed by atoms with E-state index in [0.717, 1.165) is 19.3 Å². The fraction of sp³-hybridized carbons (Fsp3) is 0.333. The van der Waals surface area contributed by atoms with Gasteiger partial charge in [-0.25, -0.2) is 8.42 Å². The molecule has 0 aromatic heterocycles. The van der Waals surface area contributed by atoms with E-state index in [2.05, 4.69) is 5.32 Å². The third-order valence-electron chi connectivity index (χ3n) is 4.91. The zero-order valence-corrected chi connectivity index (χ0v) is 18.0. The van der Waals surface area contributed by atoms with Crippen LogP contribution in [0.25, 0.3) is 0 Å². The first kappa shape index (κ1) is 22.6. The summed E-state index contributed by atoms with van der Waals surface area (Å²) in [7, 11) is -2.22. The molecule has 1 aliphatic heterocycles. The number of ether oxygens (including phenoxy) is 2. The summed E-state index contributed by atoms with van der Waals surface area (Å²) in [5, 5.41) is 2.63. The normalized spacial score (nSPS) is 14.6. The van der Waals surface area contributed by atoms with Gasteiger partial charge in [-0.1, -0.05) is 6.42 Å². The molecule has 1 saturated heterocycles. The van der Waals surface area contributed by atoms with Gasteiger partial charge in [0.2, 0.25) is 15.9 Å². The third-order valence-corrected chi connectivity index (χ3v) is 6.80. The van der Waals surface area contributed by atoms with E-state index in [1.807, 2.05) is 0 Å². The predicted molar refractivity (Wildman–Crippen MR) is 115 cm³/mol. The van der Waals surface area contributed by atoms with Gasteiger partial charge in [0.15, 0.2) is 6.61 Å². The molecule has 0 atom stereocenters. The molecular formula is C21H25N3O6S. The van der Waals surface area contributed by atoms with Crippen molar-refractivity contribution < 1.29 is 27.5 Å². The number of nitrogens with two attached hydrogens (primary N) is 1. The van der Waals surface area contributed by atoms with Crippen molar-refractivity contribution in [3.8, 4) is 11.5 Å². The molecule has 0 spiro atoms. The highest BCUT2D eigenvalue weighted by Crippen LogP contribution is 2.30.